The summed E-state index contributed by atoms with van der Waals surface area (Å²) in [5.74, 6) is 0.977. The predicted molar refractivity (Wildman–Crippen MR) is 119 cm³/mol. The summed E-state index contributed by atoms with van der Waals surface area (Å²) in [6.07, 6.45) is 1.62. The van der Waals surface area contributed by atoms with E-state index in [2.05, 4.69) is 25.9 Å². The topological polar surface area (TPSA) is 67.9 Å². The van der Waals surface area contributed by atoms with E-state index in [-0.39, 0.29) is 5.75 Å². The molecule has 29 heavy (non-hydrogen) atoms. The van der Waals surface area contributed by atoms with Crippen LogP contribution in [0.5, 0.6) is 11.5 Å². The van der Waals surface area contributed by atoms with Crippen LogP contribution in [0.4, 0.5) is 5.69 Å². The number of aromatic hydroxyl groups is 1. The molecule has 0 fully saturated rings. The van der Waals surface area contributed by atoms with Crippen LogP contribution in [0.15, 0.2) is 62.4 Å². The zero-order valence-electron chi connectivity index (χ0n) is 16.2. The quantitative estimate of drug-likeness (QED) is 0.368. The first kappa shape index (κ1) is 19.2. The maximum absolute atomic E-state index is 10.3. The first-order valence-corrected chi connectivity index (χ1v) is 9.82. The van der Waals surface area contributed by atoms with Crippen molar-refractivity contribution in [2.75, 3.05) is 7.11 Å². The Morgan fingerprint density at radius 1 is 1.10 bits per heavy atom. The third-order valence-corrected chi connectivity index (χ3v) is 5.09. The van der Waals surface area contributed by atoms with Gasteiger partial charge in [-0.25, -0.2) is 4.98 Å². The second-order valence-corrected chi connectivity index (χ2v) is 7.71. The average molecular weight is 451 g/mol. The minimum atomic E-state index is 0.0441. The fraction of sp³-hybridized carbons (Fsp3) is 0.130. The number of halogens is 1. The van der Waals surface area contributed by atoms with Gasteiger partial charge in [0.1, 0.15) is 5.52 Å². The summed E-state index contributed by atoms with van der Waals surface area (Å²) in [4.78, 5) is 9.16. The maximum Gasteiger partial charge on any atom is 0.227 e. The number of hydrogen-bond acceptors (Lipinski definition) is 5. The number of phenols is 1. The number of nitrogens with zero attached hydrogens (tertiary/aromatic N) is 2. The Labute approximate surface area is 176 Å². The molecule has 5 nitrogen and oxygen atoms in total. The number of oxazole rings is 1. The molecule has 0 radical (unpaired) electrons. The summed E-state index contributed by atoms with van der Waals surface area (Å²) >= 11 is 3.42. The number of phenolic OH excluding ortho intramolecular Hbond substituents is 1. The Balaban J connectivity index is 1.72. The van der Waals surface area contributed by atoms with E-state index in [1.54, 1.807) is 18.3 Å². The SMILES string of the molecule is COc1cc(Br)cc(C=Nc2cc(-c3nc4ccc(C)cc4o3)ccc2C)c1O. The molecule has 0 saturated carbocycles. The average Bonchev–Trinajstić information content (AvgIpc) is 3.12. The van der Waals surface area contributed by atoms with Crippen molar-refractivity contribution in [1.29, 1.82) is 0 Å². The Morgan fingerprint density at radius 2 is 1.93 bits per heavy atom. The third-order valence-electron chi connectivity index (χ3n) is 4.63. The van der Waals surface area contributed by atoms with Crippen molar-refractivity contribution in [3.63, 3.8) is 0 Å². The van der Waals surface area contributed by atoms with Gasteiger partial charge in [-0.05, 0) is 61.4 Å². The molecule has 0 aliphatic carbocycles. The molecule has 0 aliphatic rings. The predicted octanol–water partition coefficient (Wildman–Crippen LogP) is 6.34. The first-order valence-electron chi connectivity index (χ1n) is 9.03. The van der Waals surface area contributed by atoms with Crippen LogP contribution in [0.2, 0.25) is 0 Å². The lowest BCUT2D eigenvalue weighted by Crippen LogP contribution is -1.89. The lowest BCUT2D eigenvalue weighted by Gasteiger charge is -2.07. The van der Waals surface area contributed by atoms with Crippen molar-refractivity contribution in [1.82, 2.24) is 4.98 Å². The summed E-state index contributed by atoms with van der Waals surface area (Å²) in [5.41, 5.74) is 5.86. The van der Waals surface area contributed by atoms with E-state index in [1.165, 1.54) is 7.11 Å². The van der Waals surface area contributed by atoms with Gasteiger partial charge in [0.2, 0.25) is 5.89 Å². The number of aromatic nitrogens is 1. The molecule has 6 heteroatoms. The number of fused-ring (bicyclic) bond motifs is 1. The van der Waals surface area contributed by atoms with Crippen LogP contribution in [-0.2, 0) is 0 Å². The Hall–Kier alpha value is -3.12. The molecule has 3 aromatic carbocycles. The molecule has 4 aromatic rings. The molecule has 0 bridgehead atoms. The molecular formula is C23H19BrN2O3. The number of aliphatic imine (C=N–C) groups is 1. The number of hydrogen-bond donors (Lipinski definition) is 1. The van der Waals surface area contributed by atoms with Gasteiger partial charge in [-0.3, -0.25) is 4.99 Å². The van der Waals surface area contributed by atoms with E-state index in [9.17, 15) is 5.11 Å². The normalized spacial score (nSPS) is 11.4. The van der Waals surface area contributed by atoms with Crippen LogP contribution in [0.25, 0.3) is 22.6 Å². The van der Waals surface area contributed by atoms with Gasteiger partial charge in [-0.1, -0.05) is 28.1 Å². The van der Waals surface area contributed by atoms with Crippen LogP contribution in [0.1, 0.15) is 16.7 Å². The van der Waals surface area contributed by atoms with E-state index in [4.69, 9.17) is 9.15 Å². The van der Waals surface area contributed by atoms with Gasteiger partial charge in [-0.2, -0.15) is 0 Å². The fourth-order valence-corrected chi connectivity index (χ4v) is 3.48. The largest absolute Gasteiger partial charge is 0.504 e. The zero-order chi connectivity index (χ0) is 20.5. The lowest BCUT2D eigenvalue weighted by molar-refractivity contribution is 0.373. The molecule has 0 amide bonds. The highest BCUT2D eigenvalue weighted by Crippen LogP contribution is 2.34. The minimum Gasteiger partial charge on any atom is -0.504 e. The first-order chi connectivity index (χ1) is 13.9. The third kappa shape index (κ3) is 3.89. The highest BCUT2D eigenvalue weighted by Gasteiger charge is 2.11. The lowest BCUT2D eigenvalue weighted by atomic mass is 10.1. The van der Waals surface area contributed by atoms with Crippen molar-refractivity contribution in [2.45, 2.75) is 13.8 Å². The summed E-state index contributed by atoms with van der Waals surface area (Å²) < 4.78 is 11.9. The van der Waals surface area contributed by atoms with Gasteiger partial charge in [0.25, 0.3) is 0 Å². The fourth-order valence-electron chi connectivity index (χ4n) is 3.02. The van der Waals surface area contributed by atoms with E-state index < -0.39 is 0 Å². The highest BCUT2D eigenvalue weighted by molar-refractivity contribution is 9.10. The van der Waals surface area contributed by atoms with Crippen molar-refractivity contribution in [3.8, 4) is 23.0 Å². The zero-order valence-corrected chi connectivity index (χ0v) is 17.8. The monoisotopic (exact) mass is 450 g/mol. The second-order valence-electron chi connectivity index (χ2n) is 6.80. The Morgan fingerprint density at radius 3 is 2.72 bits per heavy atom. The molecule has 4 rings (SSSR count). The molecule has 0 atom stereocenters. The van der Waals surface area contributed by atoms with Gasteiger partial charge >= 0.3 is 0 Å². The smallest absolute Gasteiger partial charge is 0.227 e. The summed E-state index contributed by atoms with van der Waals surface area (Å²) in [7, 11) is 1.51. The second kappa shape index (κ2) is 7.72. The van der Waals surface area contributed by atoms with Crippen molar-refractivity contribution < 1.29 is 14.3 Å². The Bertz CT molecular complexity index is 1240. The van der Waals surface area contributed by atoms with Crippen LogP contribution in [-0.4, -0.2) is 23.4 Å². The molecule has 146 valence electrons. The summed E-state index contributed by atoms with van der Waals surface area (Å²) in [6, 6.07) is 15.3. The highest BCUT2D eigenvalue weighted by atomic mass is 79.9. The molecule has 0 unspecified atom stereocenters. The van der Waals surface area contributed by atoms with Gasteiger partial charge in [0.15, 0.2) is 17.1 Å². The van der Waals surface area contributed by atoms with Crippen LogP contribution in [0, 0.1) is 13.8 Å². The standard InChI is InChI=1S/C23H19BrN2O3/c1-13-4-7-18-20(8-13)29-23(26-18)15-6-5-14(2)19(10-15)25-12-16-9-17(24)11-21(28-3)22(16)27/h4-12,27H,1-3H3. The molecular weight excluding hydrogens is 432 g/mol. The van der Waals surface area contributed by atoms with E-state index in [0.29, 0.717) is 17.2 Å². The van der Waals surface area contributed by atoms with Crippen molar-refractivity contribution in [2.24, 2.45) is 4.99 Å². The van der Waals surface area contributed by atoms with Gasteiger partial charge < -0.3 is 14.3 Å². The van der Waals surface area contributed by atoms with Crippen LogP contribution in [0.3, 0.4) is 0 Å². The number of ether oxygens (including phenoxy) is 1. The van der Waals surface area contributed by atoms with Crippen molar-refractivity contribution >= 4 is 38.9 Å². The number of rotatable bonds is 4. The molecule has 1 aromatic heterocycles. The van der Waals surface area contributed by atoms with Gasteiger partial charge in [0.05, 0.1) is 12.8 Å². The molecule has 1 heterocycles. The molecule has 0 saturated heterocycles. The van der Waals surface area contributed by atoms with Crippen molar-refractivity contribution in [3.05, 3.63) is 69.7 Å². The maximum atomic E-state index is 10.3. The molecule has 1 N–H and O–H groups in total. The summed E-state index contributed by atoms with van der Waals surface area (Å²) in [5, 5.41) is 10.3. The minimum absolute atomic E-state index is 0.0441. The summed E-state index contributed by atoms with van der Waals surface area (Å²) in [6.45, 7) is 4.00. The molecule has 0 aliphatic heterocycles. The van der Waals surface area contributed by atoms with Gasteiger partial charge in [0, 0.05) is 21.8 Å². The number of methoxy groups -OCH3 is 1. The Kier molecular flexibility index (Phi) is 5.11. The van der Waals surface area contributed by atoms with Gasteiger partial charge in [-0.15, -0.1) is 0 Å². The van der Waals surface area contributed by atoms with E-state index in [0.717, 1.165) is 38.0 Å². The van der Waals surface area contributed by atoms with E-state index >= 15 is 0 Å². The van der Waals surface area contributed by atoms with E-state index in [1.807, 2.05) is 50.2 Å². The van der Waals surface area contributed by atoms with Crippen LogP contribution >= 0.6 is 15.9 Å². The number of benzene rings is 3. The molecule has 0 spiro atoms. The van der Waals surface area contributed by atoms with Crippen LogP contribution < -0.4 is 4.74 Å². The number of aryl methyl sites for hydroxylation is 2.